The van der Waals surface area contributed by atoms with Crippen LogP contribution in [0.1, 0.15) is 30.3 Å². The van der Waals surface area contributed by atoms with Crippen LogP contribution in [-0.4, -0.2) is 37.0 Å². The normalized spacial score (nSPS) is 19.9. The van der Waals surface area contributed by atoms with Gasteiger partial charge in [-0.3, -0.25) is 4.90 Å². The number of aromatic nitrogens is 1. The molecule has 0 spiro atoms. The Balaban J connectivity index is 1.37. The Hall–Kier alpha value is -1.93. The highest BCUT2D eigenvalue weighted by atomic mass is 35.5. The quantitative estimate of drug-likeness (QED) is 0.469. The average molecular weight is 477 g/mol. The Bertz CT molecular complexity index is 1110. The van der Waals surface area contributed by atoms with E-state index in [1.165, 1.54) is 23.0 Å². The van der Waals surface area contributed by atoms with Crippen molar-refractivity contribution in [2.45, 2.75) is 49.1 Å². The second kappa shape index (κ2) is 9.69. The van der Waals surface area contributed by atoms with Crippen LogP contribution in [0.15, 0.2) is 65.0 Å². The van der Waals surface area contributed by atoms with Gasteiger partial charge in [0.25, 0.3) is 0 Å². The standard InChI is InChI=1S/C23H25ClN2O3S2/c1-17-13-19(9-11-26(17)15-18-5-3-2-4-6-18)29-22-8-7-20(14-21(22)24)31(27,28)16-23-25-10-12-30-23/h2-8,10,12,14,17,19H,9,11,13,15-16H2,1H3/t17-,19+/m1/s1. The zero-order valence-electron chi connectivity index (χ0n) is 17.3. The minimum Gasteiger partial charge on any atom is -0.489 e. The van der Waals surface area contributed by atoms with Crippen LogP contribution < -0.4 is 4.74 Å². The summed E-state index contributed by atoms with van der Waals surface area (Å²) in [5.41, 5.74) is 1.31. The fourth-order valence-corrected chi connectivity index (χ4v) is 6.42. The van der Waals surface area contributed by atoms with E-state index in [1.54, 1.807) is 23.7 Å². The molecule has 5 nitrogen and oxygen atoms in total. The topological polar surface area (TPSA) is 59.5 Å². The summed E-state index contributed by atoms with van der Waals surface area (Å²) in [7, 11) is -3.50. The minimum atomic E-state index is -3.50. The van der Waals surface area contributed by atoms with Crippen LogP contribution in [0, 0.1) is 0 Å². The number of ether oxygens (including phenoxy) is 1. The predicted molar refractivity (Wildman–Crippen MR) is 124 cm³/mol. The number of nitrogens with zero attached hydrogens (tertiary/aromatic N) is 2. The number of thiazole rings is 1. The number of hydrogen-bond acceptors (Lipinski definition) is 6. The number of piperidine rings is 1. The van der Waals surface area contributed by atoms with E-state index in [1.807, 2.05) is 6.07 Å². The second-order valence-corrected chi connectivity index (χ2v) is 11.2. The molecule has 2 aromatic carbocycles. The van der Waals surface area contributed by atoms with Crippen molar-refractivity contribution in [1.82, 2.24) is 9.88 Å². The summed E-state index contributed by atoms with van der Waals surface area (Å²) in [6, 6.07) is 15.6. The van der Waals surface area contributed by atoms with Gasteiger partial charge >= 0.3 is 0 Å². The van der Waals surface area contributed by atoms with E-state index < -0.39 is 9.84 Å². The van der Waals surface area contributed by atoms with Gasteiger partial charge in [0.15, 0.2) is 9.84 Å². The summed E-state index contributed by atoms with van der Waals surface area (Å²) in [5, 5.41) is 2.65. The van der Waals surface area contributed by atoms with E-state index in [0.717, 1.165) is 25.9 Å². The van der Waals surface area contributed by atoms with Crippen molar-refractivity contribution in [1.29, 1.82) is 0 Å². The summed E-state index contributed by atoms with van der Waals surface area (Å²) < 4.78 is 31.5. The maximum absolute atomic E-state index is 12.6. The molecule has 1 fully saturated rings. The lowest BCUT2D eigenvalue weighted by Gasteiger charge is -2.37. The molecular formula is C23H25ClN2O3S2. The molecule has 8 heteroatoms. The van der Waals surface area contributed by atoms with Crippen LogP contribution in [0.4, 0.5) is 0 Å². The summed E-state index contributed by atoms with van der Waals surface area (Å²) in [4.78, 5) is 6.71. The van der Waals surface area contributed by atoms with Gasteiger partial charge < -0.3 is 4.74 Å². The summed E-state index contributed by atoms with van der Waals surface area (Å²) in [5.74, 6) is 0.405. The third kappa shape index (κ3) is 5.66. The lowest BCUT2D eigenvalue weighted by atomic mass is 9.99. The van der Waals surface area contributed by atoms with Crippen LogP contribution in [-0.2, 0) is 22.1 Å². The Kier molecular flexibility index (Phi) is 6.96. The Labute approximate surface area is 192 Å². The van der Waals surface area contributed by atoms with E-state index in [0.29, 0.717) is 21.8 Å². The number of benzene rings is 2. The molecule has 31 heavy (non-hydrogen) atoms. The van der Waals surface area contributed by atoms with Gasteiger partial charge in [-0.2, -0.15) is 0 Å². The van der Waals surface area contributed by atoms with Crippen molar-refractivity contribution in [2.24, 2.45) is 0 Å². The second-order valence-electron chi connectivity index (χ2n) is 7.85. The first-order chi connectivity index (χ1) is 14.9. The fraction of sp³-hybridized carbons (Fsp3) is 0.348. The number of likely N-dealkylation sites (tertiary alicyclic amines) is 1. The Morgan fingerprint density at radius 2 is 2.03 bits per heavy atom. The maximum Gasteiger partial charge on any atom is 0.184 e. The number of halogens is 1. The molecule has 0 aliphatic carbocycles. The van der Waals surface area contributed by atoms with Gasteiger partial charge in [0.1, 0.15) is 22.6 Å². The van der Waals surface area contributed by atoms with Crippen molar-refractivity contribution >= 4 is 32.8 Å². The molecule has 164 valence electrons. The molecule has 3 aromatic rings. The third-order valence-electron chi connectivity index (χ3n) is 5.55. The third-order valence-corrected chi connectivity index (χ3v) is 8.43. The van der Waals surface area contributed by atoms with Crippen LogP contribution >= 0.6 is 22.9 Å². The molecule has 1 aliphatic rings. The predicted octanol–water partition coefficient (Wildman–Crippen LogP) is 5.20. The van der Waals surface area contributed by atoms with Crippen molar-refractivity contribution in [2.75, 3.05) is 6.54 Å². The number of sulfone groups is 1. The van der Waals surface area contributed by atoms with Gasteiger partial charge in [0, 0.05) is 30.7 Å². The van der Waals surface area contributed by atoms with E-state index in [4.69, 9.17) is 16.3 Å². The molecule has 0 N–H and O–H groups in total. The fourth-order valence-electron chi connectivity index (χ4n) is 3.86. The zero-order chi connectivity index (χ0) is 21.8. The molecule has 4 rings (SSSR count). The summed E-state index contributed by atoms with van der Waals surface area (Å²) in [6.45, 7) is 4.09. The Morgan fingerprint density at radius 1 is 1.23 bits per heavy atom. The molecule has 2 atom stereocenters. The molecule has 2 heterocycles. The van der Waals surface area contributed by atoms with Crippen molar-refractivity contribution in [3.63, 3.8) is 0 Å². The van der Waals surface area contributed by atoms with Crippen molar-refractivity contribution < 1.29 is 13.2 Å². The highest BCUT2D eigenvalue weighted by molar-refractivity contribution is 7.90. The van der Waals surface area contributed by atoms with E-state index in [-0.39, 0.29) is 16.8 Å². The minimum absolute atomic E-state index is 0.0531. The zero-order valence-corrected chi connectivity index (χ0v) is 19.7. The summed E-state index contributed by atoms with van der Waals surface area (Å²) >= 11 is 7.72. The lowest BCUT2D eigenvalue weighted by molar-refractivity contribution is 0.0586. The number of hydrogen-bond donors (Lipinski definition) is 0. The van der Waals surface area contributed by atoms with Crippen molar-refractivity contribution in [3.05, 3.63) is 75.7 Å². The van der Waals surface area contributed by atoms with Gasteiger partial charge in [0.2, 0.25) is 0 Å². The Morgan fingerprint density at radius 3 is 2.71 bits per heavy atom. The highest BCUT2D eigenvalue weighted by Gasteiger charge is 2.27. The molecule has 1 saturated heterocycles. The van der Waals surface area contributed by atoms with Gasteiger partial charge in [-0.1, -0.05) is 41.9 Å². The molecule has 1 aliphatic heterocycles. The largest absolute Gasteiger partial charge is 0.489 e. The maximum atomic E-state index is 12.6. The molecule has 0 saturated carbocycles. The monoisotopic (exact) mass is 476 g/mol. The molecule has 0 unspecified atom stereocenters. The first-order valence-electron chi connectivity index (χ1n) is 10.3. The smallest absolute Gasteiger partial charge is 0.184 e. The van der Waals surface area contributed by atoms with Gasteiger partial charge in [-0.25, -0.2) is 13.4 Å². The van der Waals surface area contributed by atoms with E-state index in [2.05, 4.69) is 41.1 Å². The molecule has 1 aromatic heterocycles. The lowest BCUT2D eigenvalue weighted by Crippen LogP contribution is -2.43. The van der Waals surface area contributed by atoms with Gasteiger partial charge in [-0.15, -0.1) is 11.3 Å². The van der Waals surface area contributed by atoms with E-state index in [9.17, 15) is 8.42 Å². The van der Waals surface area contributed by atoms with Gasteiger partial charge in [0.05, 0.1) is 9.92 Å². The first kappa shape index (κ1) is 22.3. The molecule has 0 amide bonds. The van der Waals surface area contributed by atoms with Crippen LogP contribution in [0.2, 0.25) is 5.02 Å². The summed E-state index contributed by atoms with van der Waals surface area (Å²) in [6.07, 6.45) is 3.45. The van der Waals surface area contributed by atoms with E-state index >= 15 is 0 Å². The molecule has 0 radical (unpaired) electrons. The molecule has 0 bridgehead atoms. The van der Waals surface area contributed by atoms with Crippen LogP contribution in [0.5, 0.6) is 5.75 Å². The average Bonchev–Trinajstić information content (AvgIpc) is 3.24. The number of rotatable bonds is 7. The van der Waals surface area contributed by atoms with Crippen molar-refractivity contribution in [3.8, 4) is 5.75 Å². The molecular weight excluding hydrogens is 452 g/mol. The van der Waals surface area contributed by atoms with Crippen LogP contribution in [0.25, 0.3) is 0 Å². The van der Waals surface area contributed by atoms with Crippen LogP contribution in [0.3, 0.4) is 0 Å². The van der Waals surface area contributed by atoms with Gasteiger partial charge in [-0.05, 0) is 43.5 Å². The highest BCUT2D eigenvalue weighted by Crippen LogP contribution is 2.32. The SMILES string of the molecule is C[C@@H]1C[C@@H](Oc2ccc(S(=O)(=O)Cc3nccs3)cc2Cl)CCN1Cc1ccccc1. The first-order valence-corrected chi connectivity index (χ1v) is 13.2.